The van der Waals surface area contributed by atoms with Gasteiger partial charge in [-0.05, 0) is 32.6 Å². The van der Waals surface area contributed by atoms with E-state index in [2.05, 4.69) is 0 Å². The molecular weight excluding hydrogens is 240 g/mol. The molecule has 0 saturated heterocycles. The Morgan fingerprint density at radius 1 is 0.778 bits per heavy atom. The van der Waals surface area contributed by atoms with Crippen molar-refractivity contribution in [3.8, 4) is 0 Å². The van der Waals surface area contributed by atoms with Crippen molar-refractivity contribution in [3.63, 3.8) is 0 Å². The second kappa shape index (κ2) is 9.41. The molecule has 0 bridgehead atoms. The molecule has 0 aliphatic carbocycles. The van der Waals surface area contributed by atoms with Gasteiger partial charge in [0.1, 0.15) is 6.29 Å². The first-order chi connectivity index (χ1) is 8.35. The van der Waals surface area contributed by atoms with Crippen LogP contribution in [0.2, 0.25) is 0 Å². The summed E-state index contributed by atoms with van der Waals surface area (Å²) in [6, 6.07) is 0. The average molecular weight is 264 g/mol. The molecule has 5 N–H and O–H groups in total. The normalized spacial score (nSPS) is 19.9. The minimum atomic E-state index is -0.923. The minimum absolute atomic E-state index is 0.0162. The van der Waals surface area contributed by atoms with Crippen LogP contribution in [0.15, 0.2) is 0 Å². The van der Waals surface area contributed by atoms with Gasteiger partial charge >= 0.3 is 0 Å². The molecule has 5 atom stereocenters. The Bertz CT molecular complexity index is 221. The van der Waals surface area contributed by atoms with Crippen molar-refractivity contribution in [2.75, 3.05) is 0 Å². The molecule has 108 valence electrons. The lowest BCUT2D eigenvalue weighted by Crippen LogP contribution is -2.27. The molecule has 0 fully saturated rings. The summed E-state index contributed by atoms with van der Waals surface area (Å²) in [6.45, 7) is 1.54. The summed E-state index contributed by atoms with van der Waals surface area (Å²) >= 11 is 0. The van der Waals surface area contributed by atoms with Crippen LogP contribution in [-0.4, -0.2) is 62.3 Å². The summed E-state index contributed by atoms with van der Waals surface area (Å²) < 4.78 is 0. The van der Waals surface area contributed by atoms with Gasteiger partial charge in [-0.1, -0.05) is 0 Å². The number of rotatable bonds is 10. The van der Waals surface area contributed by atoms with E-state index >= 15 is 0 Å². The zero-order valence-corrected chi connectivity index (χ0v) is 10.6. The van der Waals surface area contributed by atoms with Gasteiger partial charge in [-0.3, -0.25) is 0 Å². The van der Waals surface area contributed by atoms with Gasteiger partial charge in [-0.15, -0.1) is 0 Å². The average Bonchev–Trinajstić information content (AvgIpc) is 2.14. The van der Waals surface area contributed by atoms with Gasteiger partial charge in [0.2, 0.25) is 0 Å². The quantitative estimate of drug-likeness (QED) is 0.322. The van der Waals surface area contributed by atoms with E-state index in [0.717, 1.165) is 0 Å². The molecule has 0 aromatic rings. The highest BCUT2D eigenvalue weighted by atomic mass is 16.3. The molecule has 18 heavy (non-hydrogen) atoms. The van der Waals surface area contributed by atoms with Gasteiger partial charge in [-0.2, -0.15) is 0 Å². The molecule has 6 heteroatoms. The van der Waals surface area contributed by atoms with E-state index < -0.39 is 30.5 Å². The van der Waals surface area contributed by atoms with Crippen LogP contribution in [0.5, 0.6) is 0 Å². The van der Waals surface area contributed by atoms with Crippen LogP contribution >= 0.6 is 0 Å². The van der Waals surface area contributed by atoms with Crippen molar-refractivity contribution in [2.45, 2.75) is 69.5 Å². The summed E-state index contributed by atoms with van der Waals surface area (Å²) in [7, 11) is 0. The lowest BCUT2D eigenvalue weighted by molar-refractivity contribution is -0.109. The largest absolute Gasteiger partial charge is 0.393 e. The van der Waals surface area contributed by atoms with E-state index in [9.17, 15) is 25.2 Å². The van der Waals surface area contributed by atoms with Crippen molar-refractivity contribution in [2.24, 2.45) is 0 Å². The van der Waals surface area contributed by atoms with E-state index in [4.69, 9.17) is 5.11 Å². The number of aliphatic hydroxyl groups excluding tert-OH is 5. The first kappa shape index (κ1) is 17.5. The van der Waals surface area contributed by atoms with Crippen molar-refractivity contribution >= 4 is 6.29 Å². The number of aldehydes is 1. The number of hydrogen-bond donors (Lipinski definition) is 5. The van der Waals surface area contributed by atoms with Crippen LogP contribution in [0.3, 0.4) is 0 Å². The topological polar surface area (TPSA) is 118 Å². The Kier molecular flexibility index (Phi) is 9.13. The van der Waals surface area contributed by atoms with Gasteiger partial charge in [0.15, 0.2) is 0 Å². The van der Waals surface area contributed by atoms with Crippen LogP contribution in [0.4, 0.5) is 0 Å². The van der Waals surface area contributed by atoms with Crippen LogP contribution in [0.1, 0.15) is 39.0 Å². The lowest BCUT2D eigenvalue weighted by Gasteiger charge is -2.20. The molecule has 0 aliphatic heterocycles. The molecule has 0 rings (SSSR count). The number of carbonyl (C=O) groups is 1. The Hall–Kier alpha value is -0.530. The van der Waals surface area contributed by atoms with E-state index in [-0.39, 0.29) is 32.1 Å². The predicted octanol–water partition coefficient (Wildman–Crippen LogP) is -1.04. The molecule has 0 aromatic heterocycles. The van der Waals surface area contributed by atoms with Crippen LogP contribution in [0, 0.1) is 0 Å². The molecule has 6 nitrogen and oxygen atoms in total. The molecular formula is C12H24O6. The predicted molar refractivity (Wildman–Crippen MR) is 64.9 cm³/mol. The number of aliphatic hydroxyl groups is 5. The Balaban J connectivity index is 3.85. The third-order valence-corrected chi connectivity index (χ3v) is 2.61. The third kappa shape index (κ3) is 9.49. The van der Waals surface area contributed by atoms with E-state index in [1.54, 1.807) is 6.92 Å². The monoisotopic (exact) mass is 264 g/mol. The zero-order valence-electron chi connectivity index (χ0n) is 10.6. The third-order valence-electron chi connectivity index (χ3n) is 2.61. The van der Waals surface area contributed by atoms with Gasteiger partial charge in [0.25, 0.3) is 0 Å². The first-order valence-electron chi connectivity index (χ1n) is 6.19. The van der Waals surface area contributed by atoms with E-state index in [1.807, 2.05) is 0 Å². The fourth-order valence-corrected chi connectivity index (χ4v) is 1.83. The summed E-state index contributed by atoms with van der Waals surface area (Å²) in [6.07, 6.45) is -3.42. The van der Waals surface area contributed by atoms with Crippen molar-refractivity contribution in [1.29, 1.82) is 0 Å². The minimum Gasteiger partial charge on any atom is -0.393 e. The maximum absolute atomic E-state index is 10.1. The summed E-state index contributed by atoms with van der Waals surface area (Å²) in [4.78, 5) is 10.1. The highest BCUT2D eigenvalue weighted by molar-refractivity contribution is 5.49. The van der Waals surface area contributed by atoms with Crippen LogP contribution in [0.25, 0.3) is 0 Å². The molecule has 0 radical (unpaired) electrons. The molecule has 0 spiro atoms. The molecule has 5 unspecified atom stereocenters. The van der Waals surface area contributed by atoms with Crippen LogP contribution < -0.4 is 0 Å². The van der Waals surface area contributed by atoms with Gasteiger partial charge in [-0.25, -0.2) is 0 Å². The molecule has 0 saturated carbocycles. The smallest absolute Gasteiger partial charge is 0.122 e. The molecule has 0 heterocycles. The fourth-order valence-electron chi connectivity index (χ4n) is 1.83. The Morgan fingerprint density at radius 2 is 1.17 bits per heavy atom. The standard InChI is InChI=1S/C12H24O6/c1-8(14)4-10(16)6-12(18)7-11(17)5-9(15)2-3-13/h3,8-12,14-18H,2,4-7H2,1H3. The highest BCUT2D eigenvalue weighted by Crippen LogP contribution is 2.13. The SMILES string of the molecule is CC(O)CC(O)CC(O)CC(O)CC(O)CC=O. The number of carbonyl (C=O) groups excluding carboxylic acids is 1. The van der Waals surface area contributed by atoms with Gasteiger partial charge in [0, 0.05) is 6.42 Å². The van der Waals surface area contributed by atoms with Crippen molar-refractivity contribution in [1.82, 2.24) is 0 Å². The second-order valence-electron chi connectivity index (χ2n) is 4.81. The lowest BCUT2D eigenvalue weighted by atomic mass is 9.99. The Labute approximate surface area is 107 Å². The van der Waals surface area contributed by atoms with Crippen molar-refractivity contribution in [3.05, 3.63) is 0 Å². The fraction of sp³-hybridized carbons (Fsp3) is 0.917. The first-order valence-corrected chi connectivity index (χ1v) is 6.19. The summed E-state index contributed by atoms with van der Waals surface area (Å²) in [5.74, 6) is 0. The van der Waals surface area contributed by atoms with E-state index in [0.29, 0.717) is 6.29 Å². The van der Waals surface area contributed by atoms with Gasteiger partial charge in [0.05, 0.1) is 30.5 Å². The Morgan fingerprint density at radius 3 is 1.56 bits per heavy atom. The van der Waals surface area contributed by atoms with Crippen LogP contribution in [-0.2, 0) is 4.79 Å². The van der Waals surface area contributed by atoms with E-state index in [1.165, 1.54) is 0 Å². The summed E-state index contributed by atoms with van der Waals surface area (Å²) in [5, 5.41) is 46.9. The van der Waals surface area contributed by atoms with Gasteiger partial charge < -0.3 is 30.3 Å². The molecule has 0 amide bonds. The number of hydrogen-bond acceptors (Lipinski definition) is 6. The maximum atomic E-state index is 10.1. The zero-order chi connectivity index (χ0) is 14.1. The highest BCUT2D eigenvalue weighted by Gasteiger charge is 2.19. The maximum Gasteiger partial charge on any atom is 0.122 e. The summed E-state index contributed by atoms with van der Waals surface area (Å²) in [5.41, 5.74) is 0. The molecule has 0 aromatic carbocycles. The second-order valence-corrected chi connectivity index (χ2v) is 4.81. The van der Waals surface area contributed by atoms with Crippen molar-refractivity contribution < 1.29 is 30.3 Å². The molecule has 0 aliphatic rings.